The van der Waals surface area contributed by atoms with Crippen LogP contribution in [0.1, 0.15) is 66.2 Å². The van der Waals surface area contributed by atoms with Crippen molar-refractivity contribution in [3.05, 3.63) is 20.9 Å². The maximum Gasteiger partial charge on any atom is 0.410 e. The quantitative estimate of drug-likeness (QED) is 0.727. The average molecular weight is 396 g/mol. The highest BCUT2D eigenvalue weighted by Gasteiger charge is 2.47. The molecule has 1 saturated heterocycles. The largest absolute Gasteiger partial charge is 0.444 e. The molecule has 3 rings (SSSR count). The molecule has 2 aliphatic rings. The third-order valence-electron chi connectivity index (χ3n) is 5.23. The fourth-order valence-electron chi connectivity index (χ4n) is 4.10. The molecule has 1 amide bonds. The predicted octanol–water partition coefficient (Wildman–Crippen LogP) is 3.89. The fourth-order valence-corrected chi connectivity index (χ4v) is 5.46. The van der Waals surface area contributed by atoms with E-state index in [1.165, 1.54) is 16.9 Å². The summed E-state index contributed by atoms with van der Waals surface area (Å²) in [7, 11) is 1.65. The number of piperidine rings is 1. The number of nitrogens with zero attached hydrogens (tertiary/aromatic N) is 1. The Balaban J connectivity index is 1.86. The van der Waals surface area contributed by atoms with Crippen LogP contribution < -0.4 is 0 Å². The Morgan fingerprint density at radius 1 is 1.44 bits per heavy atom. The molecule has 1 aromatic rings. The Morgan fingerprint density at radius 2 is 2.19 bits per heavy atom. The van der Waals surface area contributed by atoms with Crippen LogP contribution in [0, 0.1) is 0 Å². The van der Waals surface area contributed by atoms with Crippen molar-refractivity contribution in [3.8, 4) is 0 Å². The van der Waals surface area contributed by atoms with Gasteiger partial charge in [-0.1, -0.05) is 0 Å². The lowest BCUT2D eigenvalue weighted by Gasteiger charge is -2.47. The number of methoxy groups -OCH3 is 1. The van der Waals surface area contributed by atoms with Gasteiger partial charge in [-0.2, -0.15) is 0 Å². The third kappa shape index (κ3) is 3.91. The van der Waals surface area contributed by atoms with Crippen LogP contribution in [0.3, 0.4) is 0 Å². The Labute approximate surface area is 164 Å². The summed E-state index contributed by atoms with van der Waals surface area (Å²) in [4.78, 5) is 27.8. The first-order valence-electron chi connectivity index (χ1n) is 9.43. The molecule has 1 fully saturated rings. The number of aldehydes is 1. The molecule has 0 bridgehead atoms. The van der Waals surface area contributed by atoms with Crippen LogP contribution in [0.15, 0.2) is 0 Å². The van der Waals surface area contributed by atoms with E-state index < -0.39 is 11.2 Å². The molecule has 0 aliphatic carbocycles. The van der Waals surface area contributed by atoms with Crippen molar-refractivity contribution in [2.24, 2.45) is 0 Å². The minimum absolute atomic E-state index is 0.00722. The maximum atomic E-state index is 12.5. The van der Waals surface area contributed by atoms with Gasteiger partial charge in [-0.25, -0.2) is 4.79 Å². The molecule has 1 spiro atoms. The third-order valence-corrected chi connectivity index (χ3v) is 6.61. The van der Waals surface area contributed by atoms with Crippen molar-refractivity contribution in [3.63, 3.8) is 0 Å². The molecule has 0 aromatic carbocycles. The van der Waals surface area contributed by atoms with Gasteiger partial charge in [-0.15, -0.1) is 11.3 Å². The first kappa shape index (κ1) is 20.3. The van der Waals surface area contributed by atoms with E-state index in [0.29, 0.717) is 32.6 Å². The van der Waals surface area contributed by atoms with E-state index in [2.05, 4.69) is 0 Å². The van der Waals surface area contributed by atoms with E-state index >= 15 is 0 Å². The summed E-state index contributed by atoms with van der Waals surface area (Å²) in [6.45, 7) is 9.30. The second-order valence-corrected chi connectivity index (χ2v) is 9.43. The molecule has 0 saturated carbocycles. The molecule has 1 aromatic heterocycles. The second-order valence-electron chi connectivity index (χ2n) is 8.37. The number of likely N-dealkylation sites (tertiary alicyclic amines) is 1. The summed E-state index contributed by atoms with van der Waals surface area (Å²) in [6, 6.07) is -0.00722. The fraction of sp³-hybridized carbons (Fsp3) is 0.700. The van der Waals surface area contributed by atoms with E-state index in [9.17, 15) is 9.59 Å². The van der Waals surface area contributed by atoms with E-state index in [-0.39, 0.29) is 12.1 Å². The Bertz CT molecular complexity index is 723. The number of carbonyl (C=O) groups excluding carboxylic acids is 2. The van der Waals surface area contributed by atoms with E-state index in [1.807, 2.05) is 27.7 Å². The monoisotopic (exact) mass is 395 g/mol. The Hall–Kier alpha value is -1.44. The average Bonchev–Trinajstić information content (AvgIpc) is 2.93. The normalized spacial score (nSPS) is 25.4. The van der Waals surface area contributed by atoms with Gasteiger partial charge in [0.25, 0.3) is 0 Å². The molecule has 2 unspecified atom stereocenters. The number of ether oxygens (including phenoxy) is 3. The molecule has 0 radical (unpaired) electrons. The molecular formula is C20H29NO5S. The second kappa shape index (κ2) is 7.53. The number of fused-ring (bicyclic) bond motifs is 2. The molecule has 150 valence electrons. The van der Waals surface area contributed by atoms with Gasteiger partial charge in [0.2, 0.25) is 0 Å². The summed E-state index contributed by atoms with van der Waals surface area (Å²) in [5.74, 6) is 0. The predicted molar refractivity (Wildman–Crippen MR) is 103 cm³/mol. The zero-order valence-electron chi connectivity index (χ0n) is 16.8. The van der Waals surface area contributed by atoms with E-state index in [0.717, 1.165) is 28.0 Å². The summed E-state index contributed by atoms with van der Waals surface area (Å²) >= 11 is 1.52. The summed E-state index contributed by atoms with van der Waals surface area (Å²) in [5.41, 5.74) is 1.26. The van der Waals surface area contributed by atoms with Crippen molar-refractivity contribution in [2.75, 3.05) is 20.3 Å². The number of hydrogen-bond donors (Lipinski definition) is 0. The molecule has 0 N–H and O–H groups in total. The van der Waals surface area contributed by atoms with Crippen LogP contribution in [0.5, 0.6) is 0 Å². The zero-order chi connectivity index (χ0) is 19.8. The van der Waals surface area contributed by atoms with Gasteiger partial charge in [-0.05, 0) is 46.1 Å². The lowest BCUT2D eigenvalue weighted by atomic mass is 9.81. The van der Waals surface area contributed by atoms with Crippen LogP contribution in [0.2, 0.25) is 0 Å². The van der Waals surface area contributed by atoms with E-state index in [1.54, 1.807) is 12.0 Å². The van der Waals surface area contributed by atoms with Crippen LogP contribution in [0.25, 0.3) is 0 Å². The molecule has 2 atom stereocenters. The van der Waals surface area contributed by atoms with E-state index in [4.69, 9.17) is 14.2 Å². The first-order valence-corrected chi connectivity index (χ1v) is 10.2. The van der Waals surface area contributed by atoms with Crippen molar-refractivity contribution >= 4 is 23.7 Å². The van der Waals surface area contributed by atoms with Gasteiger partial charge in [0.1, 0.15) is 11.2 Å². The van der Waals surface area contributed by atoms with Crippen LogP contribution in [-0.4, -0.2) is 49.2 Å². The standard InChI is InChI=1S/C20H29NO5S/c1-13-10-20(7-8-21(13)18(23)26-19(2,3)4)17-14(6-9-25-20)15(12-24-5)16(11-22)27-17/h11,13H,6-10,12H2,1-5H3. The summed E-state index contributed by atoms with van der Waals surface area (Å²) in [5, 5.41) is 0. The molecule has 3 heterocycles. The Kier molecular flexibility index (Phi) is 5.66. The zero-order valence-corrected chi connectivity index (χ0v) is 17.6. The van der Waals surface area contributed by atoms with Crippen LogP contribution >= 0.6 is 11.3 Å². The van der Waals surface area contributed by atoms with Gasteiger partial charge >= 0.3 is 6.09 Å². The van der Waals surface area contributed by atoms with Gasteiger partial charge < -0.3 is 19.1 Å². The number of thiophene rings is 1. The molecule has 2 aliphatic heterocycles. The Morgan fingerprint density at radius 3 is 2.78 bits per heavy atom. The van der Waals surface area contributed by atoms with Crippen molar-refractivity contribution in [1.82, 2.24) is 4.90 Å². The number of rotatable bonds is 3. The lowest BCUT2D eigenvalue weighted by molar-refractivity contribution is -0.108. The number of amides is 1. The summed E-state index contributed by atoms with van der Waals surface area (Å²) < 4.78 is 17.2. The highest BCUT2D eigenvalue weighted by molar-refractivity contribution is 7.14. The van der Waals surface area contributed by atoms with Gasteiger partial charge in [-0.3, -0.25) is 4.79 Å². The first-order chi connectivity index (χ1) is 12.7. The highest BCUT2D eigenvalue weighted by Crippen LogP contribution is 2.48. The van der Waals surface area contributed by atoms with Crippen LogP contribution in [-0.2, 0) is 32.8 Å². The lowest BCUT2D eigenvalue weighted by Crippen LogP contribution is -2.53. The highest BCUT2D eigenvalue weighted by atomic mass is 32.1. The number of carbonyl (C=O) groups is 2. The van der Waals surface area contributed by atoms with Gasteiger partial charge in [0, 0.05) is 36.6 Å². The molecule has 7 heteroatoms. The molecule has 27 heavy (non-hydrogen) atoms. The maximum absolute atomic E-state index is 12.5. The van der Waals surface area contributed by atoms with Crippen LogP contribution in [0.4, 0.5) is 4.79 Å². The summed E-state index contributed by atoms with van der Waals surface area (Å²) in [6.07, 6.45) is 2.84. The van der Waals surface area contributed by atoms with Gasteiger partial charge in [0.05, 0.1) is 18.1 Å². The molecule has 6 nitrogen and oxygen atoms in total. The SMILES string of the molecule is COCc1c(C=O)sc2c1CCOC21CCN(C(=O)OC(C)(C)C)C(C)C1. The van der Waals surface area contributed by atoms with Gasteiger partial charge in [0.15, 0.2) is 6.29 Å². The smallest absolute Gasteiger partial charge is 0.410 e. The van der Waals surface area contributed by atoms with Crippen molar-refractivity contribution in [1.29, 1.82) is 0 Å². The topological polar surface area (TPSA) is 65.1 Å². The van der Waals surface area contributed by atoms with Crippen molar-refractivity contribution < 1.29 is 23.8 Å². The van der Waals surface area contributed by atoms with Crippen molar-refractivity contribution in [2.45, 2.75) is 70.8 Å². The molecular weight excluding hydrogens is 366 g/mol. The minimum Gasteiger partial charge on any atom is -0.444 e. The minimum atomic E-state index is -0.512. The number of hydrogen-bond acceptors (Lipinski definition) is 6.